The van der Waals surface area contributed by atoms with Gasteiger partial charge < -0.3 is 13.6 Å². The molecule has 0 spiro atoms. The summed E-state index contributed by atoms with van der Waals surface area (Å²) < 4.78 is 24.2. The zero-order chi connectivity index (χ0) is 34.8. The number of fused-ring (bicyclic) bond motifs is 5. The quantitative estimate of drug-likeness (QED) is 0.185. The van der Waals surface area contributed by atoms with Crippen molar-refractivity contribution in [3.05, 3.63) is 115 Å². The summed E-state index contributed by atoms with van der Waals surface area (Å²) in [6, 6.07) is 30.7. The molecule has 0 saturated heterocycles. The highest BCUT2D eigenvalue weighted by atomic mass is 16.5. The van der Waals surface area contributed by atoms with Crippen LogP contribution in [0.25, 0.3) is 78.0 Å². The first-order valence-electron chi connectivity index (χ1n) is 17.3. The maximum absolute atomic E-state index is 6.86. The van der Waals surface area contributed by atoms with E-state index in [0.717, 1.165) is 72.4 Å². The van der Waals surface area contributed by atoms with E-state index in [1.54, 1.807) is 0 Å². The lowest BCUT2D eigenvalue weighted by atomic mass is 9.87. The fourth-order valence-corrected chi connectivity index (χ4v) is 7.32. The van der Waals surface area contributed by atoms with E-state index < -0.39 is 0 Å². The van der Waals surface area contributed by atoms with Gasteiger partial charge in [-0.15, -0.1) is 0 Å². The number of ether oxygens (including phenoxy) is 1. The van der Waals surface area contributed by atoms with Crippen LogP contribution in [0.5, 0.6) is 11.5 Å². The molecular weight excluding hydrogens is 635 g/mol. The molecule has 0 aliphatic heterocycles. The van der Waals surface area contributed by atoms with Gasteiger partial charge in [0.25, 0.3) is 0 Å². The van der Waals surface area contributed by atoms with Crippen molar-refractivity contribution in [1.82, 2.24) is 23.9 Å². The molecule has 0 N–H and O–H groups in total. The lowest BCUT2D eigenvalue weighted by molar-refractivity contribution is 0.477. The monoisotopic (exact) mass is 669 g/mol. The predicted octanol–water partition coefficient (Wildman–Crippen LogP) is 11.4. The minimum Gasteiger partial charge on any atom is -0.455 e. The molecule has 0 bridgehead atoms. The Morgan fingerprint density at radius 2 is 1.35 bits per heavy atom. The van der Waals surface area contributed by atoms with Crippen molar-refractivity contribution in [1.29, 1.82) is 0 Å². The molecule has 0 amide bonds. The number of hydrogen-bond donors (Lipinski definition) is 0. The van der Waals surface area contributed by atoms with Gasteiger partial charge in [-0.1, -0.05) is 59.7 Å². The second-order valence-corrected chi connectivity index (χ2v) is 15.4. The number of hydrogen-bond acceptors (Lipinski definition) is 6. The summed E-state index contributed by atoms with van der Waals surface area (Å²) in [6.45, 7) is 13.2. The van der Waals surface area contributed by atoms with E-state index in [0.29, 0.717) is 17.1 Å². The van der Waals surface area contributed by atoms with Crippen molar-refractivity contribution < 1.29 is 13.6 Å². The van der Waals surface area contributed by atoms with E-state index >= 15 is 0 Å². The minimum atomic E-state index is -0.0539. The van der Waals surface area contributed by atoms with E-state index in [4.69, 9.17) is 28.5 Å². The molecule has 6 heterocycles. The Balaban J connectivity index is 1.20. The molecule has 0 radical (unpaired) electrons. The Morgan fingerprint density at radius 1 is 0.627 bits per heavy atom. The summed E-state index contributed by atoms with van der Waals surface area (Å²) in [6.07, 6.45) is 3.74. The van der Waals surface area contributed by atoms with Crippen LogP contribution in [-0.4, -0.2) is 23.9 Å². The van der Waals surface area contributed by atoms with E-state index in [-0.39, 0.29) is 10.8 Å². The second-order valence-electron chi connectivity index (χ2n) is 15.4. The smallest absolute Gasteiger partial charge is 0.221 e. The summed E-state index contributed by atoms with van der Waals surface area (Å²) in [5.41, 5.74) is 10.7. The third kappa shape index (κ3) is 4.42. The number of aromatic nitrogens is 5. The topological polar surface area (TPSA) is 83.5 Å². The summed E-state index contributed by atoms with van der Waals surface area (Å²) >= 11 is 0. The van der Waals surface area contributed by atoms with Gasteiger partial charge in [0.1, 0.15) is 28.3 Å². The Labute approximate surface area is 293 Å². The van der Waals surface area contributed by atoms with Gasteiger partial charge in [0.05, 0.1) is 38.5 Å². The standard InChI is InChI=1S/C43H35N5O3/c1-42(2,3)24-16-18-44-29(20-24)27-23-35(40-38-37-33(50-39(27)38)12-9-13-34(37)51-40)49-26-14-15-31-32(22-26)48(36-21-25(17-19-45-36)43(4,5)6)41-46-28-10-7-8-11-30(28)47(31)41/h7-23H,1-6H3. The highest BCUT2D eigenvalue weighted by molar-refractivity contribution is 6.24. The molecule has 6 aromatic heterocycles. The molecule has 4 aromatic carbocycles. The van der Waals surface area contributed by atoms with Gasteiger partial charge in [0, 0.05) is 24.0 Å². The summed E-state index contributed by atoms with van der Waals surface area (Å²) in [5.74, 6) is 2.81. The number of benzene rings is 4. The van der Waals surface area contributed by atoms with Crippen molar-refractivity contribution in [2.45, 2.75) is 52.4 Å². The van der Waals surface area contributed by atoms with Crippen LogP contribution in [0.4, 0.5) is 0 Å². The predicted molar refractivity (Wildman–Crippen MR) is 203 cm³/mol. The van der Waals surface area contributed by atoms with Gasteiger partial charge in [-0.25, -0.2) is 9.97 Å². The van der Waals surface area contributed by atoms with Crippen molar-refractivity contribution >= 4 is 60.9 Å². The van der Waals surface area contributed by atoms with Crippen LogP contribution in [-0.2, 0) is 10.8 Å². The summed E-state index contributed by atoms with van der Waals surface area (Å²) in [4.78, 5) is 14.8. The average molecular weight is 670 g/mol. The SMILES string of the molecule is CC(C)(C)c1ccnc(-c2cc(Oc3ccc4c(c3)n(-c3cc(C(C)(C)C)ccn3)c3nc5ccccc5n43)c3oc4cccc5oc2c3c45)c1. The normalized spacial score (nSPS) is 12.9. The van der Waals surface area contributed by atoms with Gasteiger partial charge in [0.15, 0.2) is 11.3 Å². The number of pyridine rings is 2. The van der Waals surface area contributed by atoms with Gasteiger partial charge in [-0.3, -0.25) is 14.0 Å². The van der Waals surface area contributed by atoms with Crippen LogP contribution in [0.1, 0.15) is 52.7 Å². The molecular formula is C43H35N5O3. The third-order valence-electron chi connectivity index (χ3n) is 10.0. The first-order chi connectivity index (χ1) is 24.5. The zero-order valence-corrected chi connectivity index (χ0v) is 29.3. The highest BCUT2D eigenvalue weighted by Crippen LogP contribution is 2.48. The molecule has 51 heavy (non-hydrogen) atoms. The van der Waals surface area contributed by atoms with Crippen molar-refractivity contribution in [3.63, 3.8) is 0 Å². The van der Waals surface area contributed by atoms with Gasteiger partial charge in [0.2, 0.25) is 5.78 Å². The van der Waals surface area contributed by atoms with Gasteiger partial charge >= 0.3 is 0 Å². The Morgan fingerprint density at radius 3 is 2.14 bits per heavy atom. The molecule has 250 valence electrons. The van der Waals surface area contributed by atoms with E-state index in [1.807, 2.05) is 60.9 Å². The molecule has 0 fully saturated rings. The lowest BCUT2D eigenvalue weighted by Gasteiger charge is -2.19. The Kier molecular flexibility index (Phi) is 5.95. The lowest BCUT2D eigenvalue weighted by Crippen LogP contribution is -2.12. The average Bonchev–Trinajstić information content (AvgIpc) is 3.87. The van der Waals surface area contributed by atoms with Gasteiger partial charge in [-0.2, -0.15) is 0 Å². The van der Waals surface area contributed by atoms with Crippen molar-refractivity contribution in [3.8, 4) is 28.6 Å². The van der Waals surface area contributed by atoms with Crippen LogP contribution in [0.2, 0.25) is 0 Å². The van der Waals surface area contributed by atoms with Crippen LogP contribution < -0.4 is 4.74 Å². The Hall–Kier alpha value is -6.15. The fourth-order valence-electron chi connectivity index (χ4n) is 7.32. The van der Waals surface area contributed by atoms with Crippen LogP contribution >= 0.6 is 0 Å². The maximum Gasteiger partial charge on any atom is 0.221 e. The fraction of sp³-hybridized carbons (Fsp3) is 0.186. The third-order valence-corrected chi connectivity index (χ3v) is 10.0. The van der Waals surface area contributed by atoms with Crippen molar-refractivity contribution in [2.24, 2.45) is 0 Å². The van der Waals surface area contributed by atoms with Crippen molar-refractivity contribution in [2.75, 3.05) is 0 Å². The first-order valence-corrected chi connectivity index (χ1v) is 17.3. The van der Waals surface area contributed by atoms with Crippen LogP contribution in [0, 0.1) is 0 Å². The van der Waals surface area contributed by atoms with E-state index in [2.05, 4.69) is 93.0 Å². The minimum absolute atomic E-state index is 0.0507. The summed E-state index contributed by atoms with van der Waals surface area (Å²) in [7, 11) is 0. The molecule has 10 rings (SSSR count). The maximum atomic E-state index is 6.86. The molecule has 0 aliphatic carbocycles. The highest BCUT2D eigenvalue weighted by Gasteiger charge is 2.27. The molecule has 8 heteroatoms. The number of nitrogens with zero attached hydrogens (tertiary/aromatic N) is 5. The molecule has 0 saturated carbocycles. The molecule has 10 aromatic rings. The summed E-state index contributed by atoms with van der Waals surface area (Å²) in [5, 5.41) is 1.84. The number of furan rings is 2. The Bertz CT molecular complexity index is 2980. The number of imidazole rings is 2. The van der Waals surface area contributed by atoms with Crippen LogP contribution in [0.3, 0.4) is 0 Å². The van der Waals surface area contributed by atoms with Gasteiger partial charge in [-0.05, 0) is 88.7 Å². The first kappa shape index (κ1) is 29.7. The molecule has 8 nitrogen and oxygen atoms in total. The molecule has 0 atom stereocenters. The zero-order valence-electron chi connectivity index (χ0n) is 29.3. The van der Waals surface area contributed by atoms with Crippen LogP contribution in [0.15, 0.2) is 112 Å². The largest absolute Gasteiger partial charge is 0.455 e. The van der Waals surface area contributed by atoms with E-state index in [1.165, 1.54) is 11.1 Å². The molecule has 0 aliphatic rings. The number of para-hydroxylation sites is 2. The number of rotatable bonds is 4. The van der Waals surface area contributed by atoms with E-state index in [9.17, 15) is 0 Å². The molecule has 0 unspecified atom stereocenters. The second kappa shape index (κ2) is 10.2.